The Morgan fingerprint density at radius 2 is 0.591 bits per heavy atom. The molecule has 0 nitrogen and oxygen atoms in total. The molecule has 0 unspecified atom stereocenters. The fraction of sp³-hybridized carbons (Fsp3) is 0.500. The third kappa shape index (κ3) is 4.56. The maximum absolute atomic E-state index is 2.20. The normalized spacial score (nSPS) is 9.55. The van der Waals surface area contributed by atoms with Gasteiger partial charge >= 0.3 is 32.7 Å². The van der Waals surface area contributed by atoms with Crippen LogP contribution >= 0.6 is 0 Å². The van der Waals surface area contributed by atoms with Crippen LogP contribution < -0.4 is 12.4 Å². The third-order valence-electron chi connectivity index (χ3n) is 5.62. The van der Waals surface area contributed by atoms with E-state index in [0.29, 0.717) is 0 Å². The van der Waals surface area contributed by atoms with Gasteiger partial charge < -0.3 is 12.4 Å². The van der Waals surface area contributed by atoms with E-state index in [0.717, 1.165) is 0 Å². The van der Waals surface area contributed by atoms with Crippen molar-refractivity contribution in [2.45, 2.75) is 69.2 Å². The first-order valence-corrected chi connectivity index (χ1v) is 7.50. The zero-order chi connectivity index (χ0) is 15.8. The minimum Gasteiger partial charge on any atom is -1.00 e. The summed E-state index contributed by atoms with van der Waals surface area (Å²) in [6.45, 7) is 22.0. The number of halogens is 1. The molecule has 0 atom stereocenters. The molecule has 120 valence electrons. The quantitative estimate of drug-likeness (QED) is 0.603. The van der Waals surface area contributed by atoms with Gasteiger partial charge in [0.2, 0.25) is 0 Å². The van der Waals surface area contributed by atoms with Crippen molar-refractivity contribution in [1.29, 1.82) is 0 Å². The maximum atomic E-state index is 2.20. The zero-order valence-electron chi connectivity index (χ0n) is 16.0. The van der Waals surface area contributed by atoms with Crippen molar-refractivity contribution in [2.24, 2.45) is 0 Å². The molecule has 0 aliphatic rings. The molecule has 0 saturated heterocycles. The summed E-state index contributed by atoms with van der Waals surface area (Å²) in [5.74, 6) is 0. The van der Waals surface area contributed by atoms with Crippen LogP contribution in [0.4, 0.5) is 0 Å². The molecule has 0 spiro atoms. The van der Waals surface area contributed by atoms with Crippen molar-refractivity contribution in [3.8, 4) is 0 Å². The monoisotopic (exact) mass is 394 g/mol. The van der Waals surface area contributed by atoms with Gasteiger partial charge in [-0.3, -0.25) is 0 Å². The molecule has 0 bridgehead atoms. The fourth-order valence-electron chi connectivity index (χ4n) is 2.81. The van der Waals surface area contributed by atoms with Crippen LogP contribution in [-0.2, 0) is 32.7 Å². The summed E-state index contributed by atoms with van der Waals surface area (Å²) in [5.41, 5.74) is 14.7. The van der Waals surface area contributed by atoms with Crippen LogP contribution in [0, 0.1) is 69.2 Å². The van der Waals surface area contributed by atoms with Crippen LogP contribution in [0.15, 0.2) is 0 Å². The van der Waals surface area contributed by atoms with E-state index in [1.54, 1.807) is 0 Å². The largest absolute Gasteiger partial charge is 3.00 e. The van der Waals surface area contributed by atoms with Gasteiger partial charge in [0.1, 0.15) is 0 Å². The Bertz CT molecular complexity index is 410. The van der Waals surface area contributed by atoms with Gasteiger partial charge in [0.15, 0.2) is 0 Å². The van der Waals surface area contributed by atoms with E-state index >= 15 is 0 Å². The molecule has 0 N–H and O–H groups in total. The molecule has 0 aliphatic carbocycles. The standard InChI is InChI=1S/2C10H15.ClH.Y/c2*1-6-7(2)9(4)10(5)8(6)3;;/h2*1-5H3;1H;/q2*-1;;+3/p-1. The molecule has 0 aliphatic heterocycles. The Labute approximate surface area is 169 Å². The Hall–Kier alpha value is 0.0939. The Morgan fingerprint density at radius 3 is 0.636 bits per heavy atom. The SMILES string of the molecule is Cc1c(C)c(C)[c-](C)c1C.Cc1c(C)c(C)[c-](C)c1C.[Cl-].[Y+3]. The molecule has 22 heavy (non-hydrogen) atoms. The van der Waals surface area contributed by atoms with E-state index < -0.39 is 0 Å². The maximum Gasteiger partial charge on any atom is 3.00 e. The summed E-state index contributed by atoms with van der Waals surface area (Å²) in [6.07, 6.45) is 0. The van der Waals surface area contributed by atoms with Crippen molar-refractivity contribution >= 4 is 0 Å². The number of hydrogen-bond donors (Lipinski definition) is 0. The van der Waals surface area contributed by atoms with Gasteiger partial charge in [-0.2, -0.15) is 55.6 Å². The summed E-state index contributed by atoms with van der Waals surface area (Å²) < 4.78 is 0. The van der Waals surface area contributed by atoms with Crippen LogP contribution in [0.3, 0.4) is 0 Å². The number of rotatable bonds is 0. The average Bonchev–Trinajstić information content (AvgIpc) is 2.71. The molecule has 2 aromatic rings. The second kappa shape index (κ2) is 9.40. The Morgan fingerprint density at radius 1 is 0.455 bits per heavy atom. The fourth-order valence-corrected chi connectivity index (χ4v) is 2.81. The summed E-state index contributed by atoms with van der Waals surface area (Å²) in [5, 5.41) is 0. The van der Waals surface area contributed by atoms with Crippen molar-refractivity contribution in [1.82, 2.24) is 0 Å². The topological polar surface area (TPSA) is 0 Å². The molecule has 2 aromatic carbocycles. The number of hydrogen-bond acceptors (Lipinski definition) is 0. The van der Waals surface area contributed by atoms with E-state index in [1.807, 2.05) is 0 Å². The van der Waals surface area contributed by atoms with Crippen LogP contribution in [-0.4, -0.2) is 0 Å². The first-order chi connectivity index (χ1) is 9.11. The van der Waals surface area contributed by atoms with Crippen molar-refractivity contribution in [3.05, 3.63) is 55.6 Å². The summed E-state index contributed by atoms with van der Waals surface area (Å²) >= 11 is 0. The van der Waals surface area contributed by atoms with Gasteiger partial charge in [-0.15, -0.1) is 0 Å². The van der Waals surface area contributed by atoms with Crippen molar-refractivity contribution in [2.75, 3.05) is 0 Å². The minimum absolute atomic E-state index is 0. The molecule has 0 heterocycles. The molecule has 2 heteroatoms. The van der Waals surface area contributed by atoms with Gasteiger partial charge in [0, 0.05) is 0 Å². The molecular weight excluding hydrogens is 365 g/mol. The van der Waals surface area contributed by atoms with Crippen LogP contribution in [0.1, 0.15) is 55.6 Å². The van der Waals surface area contributed by atoms with Gasteiger partial charge in [-0.1, -0.05) is 69.2 Å². The molecule has 0 amide bonds. The van der Waals surface area contributed by atoms with Gasteiger partial charge in [-0.05, 0) is 0 Å². The van der Waals surface area contributed by atoms with E-state index in [1.165, 1.54) is 55.6 Å². The predicted octanol–water partition coefficient (Wildman–Crippen LogP) is 2.90. The van der Waals surface area contributed by atoms with Gasteiger partial charge in [0.05, 0.1) is 0 Å². The van der Waals surface area contributed by atoms with Crippen LogP contribution in [0.2, 0.25) is 0 Å². The zero-order valence-corrected chi connectivity index (χ0v) is 19.5. The molecule has 0 saturated carbocycles. The van der Waals surface area contributed by atoms with Crippen molar-refractivity contribution < 1.29 is 45.1 Å². The van der Waals surface area contributed by atoms with Crippen LogP contribution in [0.25, 0.3) is 0 Å². The van der Waals surface area contributed by atoms with E-state index in [4.69, 9.17) is 0 Å². The van der Waals surface area contributed by atoms with E-state index in [9.17, 15) is 0 Å². The van der Waals surface area contributed by atoms with Gasteiger partial charge in [-0.25, -0.2) is 0 Å². The molecule has 2 rings (SSSR count). The van der Waals surface area contributed by atoms with Crippen molar-refractivity contribution in [3.63, 3.8) is 0 Å². The average molecular weight is 395 g/mol. The van der Waals surface area contributed by atoms with Crippen LogP contribution in [0.5, 0.6) is 0 Å². The molecule has 0 radical (unpaired) electrons. The third-order valence-corrected chi connectivity index (χ3v) is 5.62. The summed E-state index contributed by atoms with van der Waals surface area (Å²) in [7, 11) is 0. The first kappa shape index (κ1) is 24.3. The Balaban J connectivity index is 0. The predicted molar refractivity (Wildman–Crippen MR) is 91.4 cm³/mol. The summed E-state index contributed by atoms with van der Waals surface area (Å²) in [4.78, 5) is 0. The second-order valence-corrected chi connectivity index (χ2v) is 6.25. The molecule has 0 aromatic heterocycles. The van der Waals surface area contributed by atoms with Gasteiger partial charge in [0.25, 0.3) is 0 Å². The molecular formula is C20H30ClY. The first-order valence-electron chi connectivity index (χ1n) is 7.50. The second-order valence-electron chi connectivity index (χ2n) is 6.25. The van der Waals surface area contributed by atoms with E-state index in [2.05, 4.69) is 69.2 Å². The Kier molecular flexibility index (Phi) is 10.4. The smallest absolute Gasteiger partial charge is 1.00 e. The van der Waals surface area contributed by atoms with E-state index in [-0.39, 0.29) is 45.1 Å². The molecule has 0 fully saturated rings. The minimum atomic E-state index is 0. The summed E-state index contributed by atoms with van der Waals surface area (Å²) in [6, 6.07) is 0.